The van der Waals surface area contributed by atoms with Gasteiger partial charge >= 0.3 is 6.03 Å². The van der Waals surface area contributed by atoms with Crippen molar-refractivity contribution in [3.05, 3.63) is 27.8 Å². The molecule has 0 spiro atoms. The van der Waals surface area contributed by atoms with Crippen molar-refractivity contribution < 1.29 is 9.59 Å². The van der Waals surface area contributed by atoms with Gasteiger partial charge in [0.2, 0.25) is 5.91 Å². The fraction of sp³-hybridized carbons (Fsp3) is 0.500. The number of carbonyl (C=O) groups excluding carboxylic acids is 2. The molecule has 2 atom stereocenters. The number of nitrogens with two attached hydrogens (primary N) is 1. The standard InChI is InChI=1S/C16H21IN4O2S/c17-12-1-3-13(4-2-12)19-16(23)20-6-5-11(9-20)14(18)15(22)21-7-8-24-10-21/h1-4,11,14H,5-10,18H2,(H,19,23). The lowest BCUT2D eigenvalue weighted by molar-refractivity contribution is -0.132. The van der Waals surface area contributed by atoms with Gasteiger partial charge in [0.15, 0.2) is 0 Å². The molecular weight excluding hydrogens is 439 g/mol. The lowest BCUT2D eigenvalue weighted by Gasteiger charge is -2.24. The van der Waals surface area contributed by atoms with E-state index >= 15 is 0 Å². The number of thioether (sulfide) groups is 1. The van der Waals surface area contributed by atoms with E-state index in [0.29, 0.717) is 13.1 Å². The zero-order valence-electron chi connectivity index (χ0n) is 13.3. The summed E-state index contributed by atoms with van der Waals surface area (Å²) in [6.45, 7) is 1.95. The first-order valence-electron chi connectivity index (χ1n) is 7.98. The van der Waals surface area contributed by atoms with Gasteiger partial charge in [-0.05, 0) is 53.3 Å². The molecule has 24 heavy (non-hydrogen) atoms. The van der Waals surface area contributed by atoms with Crippen LogP contribution in [-0.4, -0.2) is 59.0 Å². The molecule has 0 bridgehead atoms. The number of hydrogen-bond acceptors (Lipinski definition) is 4. The second-order valence-electron chi connectivity index (χ2n) is 6.10. The largest absolute Gasteiger partial charge is 0.331 e. The molecule has 2 saturated heterocycles. The fourth-order valence-corrected chi connectivity index (χ4v) is 4.32. The summed E-state index contributed by atoms with van der Waals surface area (Å²) in [6, 6.07) is 7.02. The van der Waals surface area contributed by atoms with E-state index in [-0.39, 0.29) is 17.9 Å². The van der Waals surface area contributed by atoms with Gasteiger partial charge in [0.1, 0.15) is 0 Å². The summed E-state index contributed by atoms with van der Waals surface area (Å²) in [5.41, 5.74) is 6.95. The van der Waals surface area contributed by atoms with Crippen molar-refractivity contribution in [3.63, 3.8) is 0 Å². The fourth-order valence-electron chi connectivity index (χ4n) is 3.00. The predicted molar refractivity (Wildman–Crippen MR) is 105 cm³/mol. The van der Waals surface area contributed by atoms with E-state index in [1.165, 1.54) is 0 Å². The Kier molecular flexibility index (Phi) is 5.88. The van der Waals surface area contributed by atoms with E-state index in [9.17, 15) is 9.59 Å². The van der Waals surface area contributed by atoms with Gasteiger partial charge in [0.25, 0.3) is 0 Å². The van der Waals surface area contributed by atoms with Gasteiger partial charge in [0, 0.05) is 40.6 Å². The van der Waals surface area contributed by atoms with Gasteiger partial charge < -0.3 is 20.9 Å². The Balaban J connectivity index is 1.53. The van der Waals surface area contributed by atoms with Crippen molar-refractivity contribution in [2.75, 3.05) is 36.6 Å². The number of benzene rings is 1. The third-order valence-corrected chi connectivity index (χ3v) is 6.15. The minimum Gasteiger partial charge on any atom is -0.331 e. The van der Waals surface area contributed by atoms with E-state index in [4.69, 9.17) is 5.73 Å². The molecule has 3 amide bonds. The van der Waals surface area contributed by atoms with Crippen LogP contribution in [0.2, 0.25) is 0 Å². The van der Waals surface area contributed by atoms with Crippen LogP contribution in [0.1, 0.15) is 6.42 Å². The van der Waals surface area contributed by atoms with Gasteiger partial charge in [-0.25, -0.2) is 4.79 Å². The number of carbonyl (C=O) groups is 2. The number of amides is 3. The number of likely N-dealkylation sites (tertiary alicyclic amines) is 1. The molecule has 2 aliphatic heterocycles. The molecule has 130 valence electrons. The van der Waals surface area contributed by atoms with Gasteiger partial charge in [0.05, 0.1) is 11.9 Å². The molecule has 0 saturated carbocycles. The molecular formula is C16H21IN4O2S. The monoisotopic (exact) mass is 460 g/mol. The molecule has 0 radical (unpaired) electrons. The second kappa shape index (κ2) is 7.92. The van der Waals surface area contributed by atoms with Crippen molar-refractivity contribution in [2.24, 2.45) is 11.7 Å². The Morgan fingerprint density at radius 2 is 2.00 bits per heavy atom. The zero-order valence-corrected chi connectivity index (χ0v) is 16.3. The number of anilines is 1. The number of rotatable bonds is 3. The number of nitrogens with one attached hydrogen (secondary N) is 1. The Hall–Kier alpha value is -1.000. The van der Waals surface area contributed by atoms with E-state index in [1.807, 2.05) is 29.2 Å². The van der Waals surface area contributed by atoms with E-state index in [2.05, 4.69) is 27.9 Å². The highest BCUT2D eigenvalue weighted by molar-refractivity contribution is 14.1. The highest BCUT2D eigenvalue weighted by atomic mass is 127. The smallest absolute Gasteiger partial charge is 0.321 e. The number of halogens is 1. The van der Waals surface area contributed by atoms with Gasteiger partial charge in [-0.2, -0.15) is 0 Å². The normalized spacial score (nSPS) is 21.8. The van der Waals surface area contributed by atoms with Crippen LogP contribution in [0, 0.1) is 9.49 Å². The van der Waals surface area contributed by atoms with Crippen LogP contribution in [0.25, 0.3) is 0 Å². The average molecular weight is 460 g/mol. The average Bonchev–Trinajstić information content (AvgIpc) is 3.27. The van der Waals surface area contributed by atoms with Crippen LogP contribution in [0.4, 0.5) is 10.5 Å². The van der Waals surface area contributed by atoms with Crippen LogP contribution >= 0.6 is 34.4 Å². The van der Waals surface area contributed by atoms with Crippen molar-refractivity contribution in [3.8, 4) is 0 Å². The zero-order chi connectivity index (χ0) is 17.1. The summed E-state index contributed by atoms with van der Waals surface area (Å²) < 4.78 is 1.12. The van der Waals surface area contributed by atoms with Crippen LogP contribution in [0.15, 0.2) is 24.3 Å². The molecule has 1 aromatic carbocycles. The second-order valence-corrected chi connectivity index (χ2v) is 8.42. The molecule has 2 aliphatic rings. The summed E-state index contributed by atoms with van der Waals surface area (Å²) in [7, 11) is 0. The number of hydrogen-bond donors (Lipinski definition) is 2. The van der Waals surface area contributed by atoms with Gasteiger partial charge in [-0.1, -0.05) is 0 Å². The molecule has 3 rings (SSSR count). The Morgan fingerprint density at radius 1 is 1.25 bits per heavy atom. The van der Waals surface area contributed by atoms with E-state index in [0.717, 1.165) is 33.9 Å². The third-order valence-electron chi connectivity index (χ3n) is 4.46. The highest BCUT2D eigenvalue weighted by Gasteiger charge is 2.36. The quantitative estimate of drug-likeness (QED) is 0.677. The lowest BCUT2D eigenvalue weighted by atomic mass is 9.99. The molecule has 6 nitrogen and oxygen atoms in total. The van der Waals surface area contributed by atoms with Crippen LogP contribution in [0.5, 0.6) is 0 Å². The summed E-state index contributed by atoms with van der Waals surface area (Å²) in [4.78, 5) is 28.3. The maximum Gasteiger partial charge on any atom is 0.321 e. The van der Waals surface area contributed by atoms with E-state index in [1.54, 1.807) is 16.7 Å². The molecule has 2 unspecified atom stereocenters. The SMILES string of the molecule is NC(C(=O)N1CCSC1)C1CCN(C(=O)Nc2ccc(I)cc2)C1. The van der Waals surface area contributed by atoms with Crippen molar-refractivity contribution >= 4 is 52.0 Å². The number of nitrogens with zero attached hydrogens (tertiary/aromatic N) is 2. The first kappa shape index (κ1) is 17.8. The molecule has 2 heterocycles. The Labute approximate surface area is 159 Å². The van der Waals surface area contributed by atoms with E-state index < -0.39 is 6.04 Å². The van der Waals surface area contributed by atoms with Gasteiger partial charge in [-0.3, -0.25) is 4.79 Å². The third kappa shape index (κ3) is 4.15. The van der Waals surface area contributed by atoms with Crippen LogP contribution in [-0.2, 0) is 4.79 Å². The minimum atomic E-state index is -0.514. The maximum absolute atomic E-state index is 12.4. The highest BCUT2D eigenvalue weighted by Crippen LogP contribution is 2.23. The minimum absolute atomic E-state index is 0.0184. The predicted octanol–water partition coefficient (Wildman–Crippen LogP) is 2.01. The molecule has 8 heteroatoms. The molecule has 1 aromatic rings. The molecule has 2 fully saturated rings. The van der Waals surface area contributed by atoms with Crippen LogP contribution in [0.3, 0.4) is 0 Å². The van der Waals surface area contributed by atoms with Crippen molar-refractivity contribution in [1.29, 1.82) is 0 Å². The topological polar surface area (TPSA) is 78.7 Å². The lowest BCUT2D eigenvalue weighted by Crippen LogP contribution is -2.47. The van der Waals surface area contributed by atoms with Crippen LogP contribution < -0.4 is 11.1 Å². The Bertz CT molecular complexity index is 607. The molecule has 0 aromatic heterocycles. The van der Waals surface area contributed by atoms with Crippen molar-refractivity contribution in [1.82, 2.24) is 9.80 Å². The summed E-state index contributed by atoms with van der Waals surface area (Å²) >= 11 is 3.98. The first-order chi connectivity index (χ1) is 11.5. The Morgan fingerprint density at radius 3 is 2.67 bits per heavy atom. The number of urea groups is 1. The first-order valence-corrected chi connectivity index (χ1v) is 10.2. The summed E-state index contributed by atoms with van der Waals surface area (Å²) in [6.07, 6.45) is 0.772. The van der Waals surface area contributed by atoms with Gasteiger partial charge in [-0.15, -0.1) is 11.8 Å². The van der Waals surface area contributed by atoms with Crippen molar-refractivity contribution in [2.45, 2.75) is 12.5 Å². The summed E-state index contributed by atoms with van der Waals surface area (Å²) in [5, 5.41) is 2.90. The molecule has 0 aliphatic carbocycles. The molecule has 3 N–H and O–H groups in total. The maximum atomic E-state index is 12.4. The summed E-state index contributed by atoms with van der Waals surface area (Å²) in [5.74, 6) is 1.76.